The number of nitrogens with one attached hydrogen (secondary N) is 1. The van der Waals surface area contributed by atoms with Gasteiger partial charge in [0.25, 0.3) is 0 Å². The predicted octanol–water partition coefficient (Wildman–Crippen LogP) is 2.27. The number of hydrogen-bond donors (Lipinski definition) is 2. The number of carbonyl (C=O) groups is 3. The first-order chi connectivity index (χ1) is 12.0. The molecule has 1 unspecified atom stereocenters. The number of ether oxygens (including phenoxy) is 1. The van der Waals surface area contributed by atoms with Crippen LogP contribution in [0.3, 0.4) is 0 Å². The van der Waals surface area contributed by atoms with Crippen LogP contribution in [0.4, 0.5) is 5.69 Å². The average Bonchev–Trinajstić information content (AvgIpc) is 2.61. The van der Waals surface area contributed by atoms with Gasteiger partial charge in [0.15, 0.2) is 6.61 Å². The molecule has 0 aliphatic carbocycles. The molecular weight excluding hydrogens is 324 g/mol. The standard InChI is InChI=1S/C18H24N2O5/c1-2-5-16(21)20-11-4-3-6-15(20)18(24)19-13-7-9-14(10-8-13)25-12-17(22)23/h7-10,15H,2-6,11-12H2,1H3,(H,19,24)(H,22,23). The lowest BCUT2D eigenvalue weighted by Gasteiger charge is -2.34. The second-order valence-corrected chi connectivity index (χ2v) is 6.04. The molecule has 25 heavy (non-hydrogen) atoms. The zero-order valence-corrected chi connectivity index (χ0v) is 14.4. The number of benzene rings is 1. The van der Waals surface area contributed by atoms with Crippen molar-refractivity contribution in [2.24, 2.45) is 0 Å². The summed E-state index contributed by atoms with van der Waals surface area (Å²) in [6.45, 7) is 2.16. The smallest absolute Gasteiger partial charge is 0.341 e. The van der Waals surface area contributed by atoms with Crippen LogP contribution in [-0.2, 0) is 14.4 Å². The Balaban J connectivity index is 1.97. The Labute approximate surface area is 147 Å². The molecule has 0 saturated carbocycles. The summed E-state index contributed by atoms with van der Waals surface area (Å²) < 4.78 is 5.05. The van der Waals surface area contributed by atoms with Gasteiger partial charge in [-0.2, -0.15) is 0 Å². The van der Waals surface area contributed by atoms with Crippen molar-refractivity contribution in [1.82, 2.24) is 4.90 Å². The van der Waals surface area contributed by atoms with Crippen LogP contribution in [0.15, 0.2) is 24.3 Å². The normalized spacial score (nSPS) is 17.0. The first kappa shape index (κ1) is 18.8. The summed E-state index contributed by atoms with van der Waals surface area (Å²) in [6.07, 6.45) is 3.74. The zero-order valence-electron chi connectivity index (χ0n) is 14.4. The number of likely N-dealkylation sites (tertiary alicyclic amines) is 1. The van der Waals surface area contributed by atoms with Gasteiger partial charge in [0, 0.05) is 18.7 Å². The molecule has 1 atom stereocenters. The van der Waals surface area contributed by atoms with Gasteiger partial charge in [0.05, 0.1) is 0 Å². The SMILES string of the molecule is CCCC(=O)N1CCCCC1C(=O)Nc1ccc(OCC(=O)O)cc1. The van der Waals surface area contributed by atoms with Gasteiger partial charge >= 0.3 is 5.97 Å². The van der Waals surface area contributed by atoms with Crippen LogP contribution < -0.4 is 10.1 Å². The molecule has 1 fully saturated rings. The van der Waals surface area contributed by atoms with Crippen molar-refractivity contribution in [2.45, 2.75) is 45.1 Å². The second kappa shape index (κ2) is 9.05. The Kier molecular flexibility index (Phi) is 6.80. The van der Waals surface area contributed by atoms with Crippen molar-refractivity contribution < 1.29 is 24.2 Å². The van der Waals surface area contributed by atoms with Gasteiger partial charge in [-0.15, -0.1) is 0 Å². The molecule has 7 nitrogen and oxygen atoms in total. The van der Waals surface area contributed by atoms with Gasteiger partial charge in [0.2, 0.25) is 11.8 Å². The van der Waals surface area contributed by atoms with Crippen molar-refractivity contribution in [1.29, 1.82) is 0 Å². The fourth-order valence-corrected chi connectivity index (χ4v) is 2.87. The monoisotopic (exact) mass is 348 g/mol. The highest BCUT2D eigenvalue weighted by Gasteiger charge is 2.31. The maximum atomic E-state index is 12.6. The predicted molar refractivity (Wildman–Crippen MR) is 92.5 cm³/mol. The molecule has 136 valence electrons. The fraction of sp³-hybridized carbons (Fsp3) is 0.500. The van der Waals surface area contributed by atoms with E-state index in [2.05, 4.69) is 5.32 Å². The summed E-state index contributed by atoms with van der Waals surface area (Å²) in [6, 6.07) is 6.06. The second-order valence-electron chi connectivity index (χ2n) is 6.04. The number of aliphatic carboxylic acids is 1. The van der Waals surface area contributed by atoms with E-state index in [-0.39, 0.29) is 11.8 Å². The van der Waals surface area contributed by atoms with Crippen LogP contribution in [-0.4, -0.2) is 47.0 Å². The van der Waals surface area contributed by atoms with Crippen molar-refractivity contribution in [3.8, 4) is 5.75 Å². The number of rotatable bonds is 7. The van der Waals surface area contributed by atoms with Crippen molar-refractivity contribution in [3.05, 3.63) is 24.3 Å². The largest absolute Gasteiger partial charge is 0.482 e. The summed E-state index contributed by atoms with van der Waals surface area (Å²) in [4.78, 5) is 37.0. The molecule has 7 heteroatoms. The average molecular weight is 348 g/mol. The van der Waals surface area contributed by atoms with Crippen LogP contribution in [0.1, 0.15) is 39.0 Å². The fourth-order valence-electron chi connectivity index (χ4n) is 2.87. The Morgan fingerprint density at radius 1 is 1.24 bits per heavy atom. The van der Waals surface area contributed by atoms with E-state index >= 15 is 0 Å². The highest BCUT2D eigenvalue weighted by atomic mass is 16.5. The number of amides is 2. The molecule has 1 aliphatic rings. The highest BCUT2D eigenvalue weighted by molar-refractivity contribution is 5.97. The lowest BCUT2D eigenvalue weighted by Crippen LogP contribution is -2.49. The number of hydrogen-bond acceptors (Lipinski definition) is 4. The maximum absolute atomic E-state index is 12.6. The summed E-state index contributed by atoms with van der Waals surface area (Å²) in [5.74, 6) is -0.799. The van der Waals surface area contributed by atoms with Crippen LogP contribution in [0.25, 0.3) is 0 Å². The van der Waals surface area contributed by atoms with Crippen LogP contribution in [0.2, 0.25) is 0 Å². The van der Waals surface area contributed by atoms with E-state index in [1.165, 1.54) is 0 Å². The number of carbonyl (C=O) groups excluding carboxylic acids is 2. The van der Waals surface area contributed by atoms with Crippen LogP contribution in [0.5, 0.6) is 5.75 Å². The molecule has 1 saturated heterocycles. The van der Waals surface area contributed by atoms with E-state index < -0.39 is 18.6 Å². The van der Waals surface area contributed by atoms with Crippen molar-refractivity contribution >= 4 is 23.5 Å². The third-order valence-corrected chi connectivity index (χ3v) is 4.07. The van der Waals surface area contributed by atoms with Gasteiger partial charge in [-0.1, -0.05) is 6.92 Å². The highest BCUT2D eigenvalue weighted by Crippen LogP contribution is 2.21. The van der Waals surface area contributed by atoms with Crippen LogP contribution in [0, 0.1) is 0 Å². The quantitative estimate of drug-likeness (QED) is 0.788. The number of anilines is 1. The Hall–Kier alpha value is -2.57. The molecule has 1 aliphatic heterocycles. The molecule has 1 aromatic carbocycles. The first-order valence-corrected chi connectivity index (χ1v) is 8.56. The Morgan fingerprint density at radius 2 is 1.96 bits per heavy atom. The molecule has 1 aromatic rings. The minimum atomic E-state index is -1.05. The maximum Gasteiger partial charge on any atom is 0.341 e. The molecule has 2 N–H and O–H groups in total. The van der Waals surface area contributed by atoms with Gasteiger partial charge < -0.3 is 20.1 Å². The number of piperidine rings is 1. The summed E-state index contributed by atoms with van der Waals surface area (Å²) >= 11 is 0. The first-order valence-electron chi connectivity index (χ1n) is 8.56. The molecule has 0 bridgehead atoms. The summed E-state index contributed by atoms with van der Waals surface area (Å²) in [5.41, 5.74) is 0.584. The molecule has 2 rings (SSSR count). The van der Waals surface area contributed by atoms with E-state index in [0.29, 0.717) is 30.8 Å². The topological polar surface area (TPSA) is 95.9 Å². The third-order valence-electron chi connectivity index (χ3n) is 4.07. The van der Waals surface area contributed by atoms with Crippen molar-refractivity contribution in [2.75, 3.05) is 18.5 Å². The molecule has 0 spiro atoms. The minimum Gasteiger partial charge on any atom is -0.482 e. The van der Waals surface area contributed by atoms with E-state index in [1.807, 2.05) is 6.92 Å². The van der Waals surface area contributed by atoms with E-state index in [9.17, 15) is 14.4 Å². The molecule has 0 aromatic heterocycles. The molecule has 0 radical (unpaired) electrons. The Morgan fingerprint density at radius 3 is 2.60 bits per heavy atom. The number of nitrogens with zero attached hydrogens (tertiary/aromatic N) is 1. The van der Waals surface area contributed by atoms with Gasteiger partial charge in [0.1, 0.15) is 11.8 Å². The van der Waals surface area contributed by atoms with Gasteiger partial charge in [-0.3, -0.25) is 9.59 Å². The van der Waals surface area contributed by atoms with Gasteiger partial charge in [-0.25, -0.2) is 4.79 Å². The summed E-state index contributed by atoms with van der Waals surface area (Å²) in [5, 5.41) is 11.4. The summed E-state index contributed by atoms with van der Waals surface area (Å²) in [7, 11) is 0. The molecular formula is C18H24N2O5. The molecule has 1 heterocycles. The van der Waals surface area contributed by atoms with E-state index in [4.69, 9.17) is 9.84 Å². The lowest BCUT2D eigenvalue weighted by molar-refractivity contribution is -0.140. The third kappa shape index (κ3) is 5.48. The number of carboxylic acid groups (broad SMARTS) is 1. The molecule has 2 amide bonds. The number of carboxylic acids is 1. The zero-order chi connectivity index (χ0) is 18.2. The van der Waals surface area contributed by atoms with E-state index in [0.717, 1.165) is 19.3 Å². The lowest BCUT2D eigenvalue weighted by atomic mass is 10.0. The Bertz CT molecular complexity index is 614. The van der Waals surface area contributed by atoms with E-state index in [1.54, 1.807) is 29.2 Å². The minimum absolute atomic E-state index is 0.0276. The van der Waals surface area contributed by atoms with Crippen molar-refractivity contribution in [3.63, 3.8) is 0 Å². The van der Waals surface area contributed by atoms with Gasteiger partial charge in [-0.05, 0) is 49.9 Å². The van der Waals surface area contributed by atoms with Crippen LogP contribution >= 0.6 is 0 Å².